The van der Waals surface area contributed by atoms with E-state index >= 15 is 0 Å². The van der Waals surface area contributed by atoms with E-state index in [1.165, 1.54) is 0 Å². The smallest absolute Gasteiger partial charge is 0.334 e. The first-order valence-electron chi connectivity index (χ1n) is 11.1. The molecule has 4 aromatic heterocycles. The molecule has 1 N–H and O–H groups in total. The summed E-state index contributed by atoms with van der Waals surface area (Å²) >= 11 is 6.31. The summed E-state index contributed by atoms with van der Waals surface area (Å²) in [5, 5.41) is 1.48. The molecule has 0 saturated carbocycles. The SMILES string of the molecule is O=c1n(CC2CCOCC2)c2cc(-c3cnc4[nH]cc(Cl)c4c3)cnc2n1-c1ccccc1. The van der Waals surface area contributed by atoms with Crippen LogP contribution in [-0.2, 0) is 11.3 Å². The number of ether oxygens (including phenoxy) is 1. The van der Waals surface area contributed by atoms with Crippen molar-refractivity contribution in [2.24, 2.45) is 5.92 Å². The van der Waals surface area contributed by atoms with Gasteiger partial charge in [-0.2, -0.15) is 0 Å². The summed E-state index contributed by atoms with van der Waals surface area (Å²) in [7, 11) is 0. The van der Waals surface area contributed by atoms with Crippen molar-refractivity contribution < 1.29 is 4.74 Å². The summed E-state index contributed by atoms with van der Waals surface area (Å²) in [5.41, 5.74) is 4.72. The molecule has 0 aliphatic carbocycles. The van der Waals surface area contributed by atoms with Crippen LogP contribution in [0.4, 0.5) is 0 Å². The van der Waals surface area contributed by atoms with Crippen molar-refractivity contribution in [1.82, 2.24) is 24.1 Å². The Morgan fingerprint density at radius 1 is 1.06 bits per heavy atom. The molecule has 1 aliphatic heterocycles. The van der Waals surface area contributed by atoms with E-state index in [9.17, 15) is 4.79 Å². The zero-order valence-electron chi connectivity index (χ0n) is 17.9. The van der Waals surface area contributed by atoms with E-state index in [1.807, 2.05) is 47.0 Å². The molecule has 166 valence electrons. The fourth-order valence-corrected chi connectivity index (χ4v) is 4.79. The molecule has 1 aliphatic rings. The molecule has 0 atom stereocenters. The van der Waals surface area contributed by atoms with Gasteiger partial charge < -0.3 is 9.72 Å². The van der Waals surface area contributed by atoms with Crippen molar-refractivity contribution in [3.8, 4) is 16.8 Å². The second-order valence-corrected chi connectivity index (χ2v) is 8.85. The zero-order valence-corrected chi connectivity index (χ0v) is 18.6. The Kier molecular flexibility index (Phi) is 5.00. The summed E-state index contributed by atoms with van der Waals surface area (Å²) in [6, 6.07) is 13.7. The first-order valence-corrected chi connectivity index (χ1v) is 11.4. The van der Waals surface area contributed by atoms with Gasteiger partial charge in [-0.3, -0.25) is 4.57 Å². The predicted molar refractivity (Wildman–Crippen MR) is 129 cm³/mol. The van der Waals surface area contributed by atoms with Gasteiger partial charge in [-0.25, -0.2) is 19.3 Å². The molecular weight excluding hydrogens is 438 g/mol. The van der Waals surface area contributed by atoms with Crippen molar-refractivity contribution in [2.45, 2.75) is 19.4 Å². The number of rotatable bonds is 4. The standard InChI is InChI=1S/C25H22ClN5O2/c26-21-14-28-23-20(21)10-17(12-27-23)18-11-22-24(29-13-18)31(19-4-2-1-3-5-19)25(32)30(22)15-16-6-8-33-9-7-16/h1-5,10-14,16H,6-9,15H2,(H,27,28). The molecule has 1 aromatic carbocycles. The Bertz CT molecular complexity index is 1510. The van der Waals surface area contributed by atoms with Gasteiger partial charge in [0, 0.05) is 54.9 Å². The van der Waals surface area contributed by atoms with Gasteiger partial charge in [0.05, 0.1) is 16.2 Å². The number of pyridine rings is 2. The highest BCUT2D eigenvalue weighted by Crippen LogP contribution is 2.29. The topological polar surface area (TPSA) is 77.7 Å². The number of benzene rings is 1. The van der Waals surface area contributed by atoms with Crippen LogP contribution in [-0.4, -0.2) is 37.3 Å². The van der Waals surface area contributed by atoms with Crippen molar-refractivity contribution >= 4 is 33.8 Å². The highest BCUT2D eigenvalue weighted by molar-refractivity contribution is 6.35. The van der Waals surface area contributed by atoms with Crippen molar-refractivity contribution in [3.05, 3.63) is 76.6 Å². The first kappa shape index (κ1) is 20.2. The Morgan fingerprint density at radius 2 is 1.82 bits per heavy atom. The molecule has 5 heterocycles. The number of hydrogen-bond acceptors (Lipinski definition) is 4. The van der Waals surface area contributed by atoms with Crippen molar-refractivity contribution in [1.29, 1.82) is 0 Å². The number of aromatic nitrogens is 5. The van der Waals surface area contributed by atoms with E-state index in [2.05, 4.69) is 9.97 Å². The number of nitrogens with zero attached hydrogens (tertiary/aromatic N) is 4. The van der Waals surface area contributed by atoms with Gasteiger partial charge in [-0.1, -0.05) is 29.8 Å². The molecule has 1 saturated heterocycles. The fraction of sp³-hybridized carbons (Fsp3) is 0.240. The molecular formula is C25H22ClN5O2. The van der Waals surface area contributed by atoms with Crippen LogP contribution in [0.3, 0.4) is 0 Å². The Balaban J connectivity index is 1.53. The van der Waals surface area contributed by atoms with Gasteiger partial charge in [-0.15, -0.1) is 0 Å². The van der Waals surface area contributed by atoms with Crippen LogP contribution in [0.2, 0.25) is 5.02 Å². The maximum atomic E-state index is 13.6. The number of imidazole rings is 1. The van der Waals surface area contributed by atoms with Crippen LogP contribution in [0.25, 0.3) is 39.0 Å². The molecule has 8 heteroatoms. The largest absolute Gasteiger partial charge is 0.381 e. The van der Waals surface area contributed by atoms with Crippen LogP contribution in [0.1, 0.15) is 12.8 Å². The van der Waals surface area contributed by atoms with E-state index in [-0.39, 0.29) is 5.69 Å². The molecule has 0 radical (unpaired) electrons. The molecule has 0 bridgehead atoms. The summed E-state index contributed by atoms with van der Waals surface area (Å²) in [5.74, 6) is 0.395. The maximum absolute atomic E-state index is 13.6. The van der Waals surface area contributed by atoms with Crippen LogP contribution in [0, 0.1) is 5.92 Å². The normalized spacial score (nSPS) is 14.9. The Labute approximate surface area is 194 Å². The lowest BCUT2D eigenvalue weighted by molar-refractivity contribution is 0.0613. The van der Waals surface area contributed by atoms with Crippen LogP contribution in [0.5, 0.6) is 0 Å². The van der Waals surface area contributed by atoms with Crippen molar-refractivity contribution in [2.75, 3.05) is 13.2 Å². The molecule has 5 aromatic rings. The Hall–Kier alpha value is -3.42. The van der Waals surface area contributed by atoms with E-state index < -0.39 is 0 Å². The number of halogens is 1. The third-order valence-corrected chi connectivity index (χ3v) is 6.69. The van der Waals surface area contributed by atoms with Gasteiger partial charge in [0.25, 0.3) is 0 Å². The zero-order chi connectivity index (χ0) is 22.4. The van der Waals surface area contributed by atoms with Gasteiger partial charge in [0.2, 0.25) is 0 Å². The number of hydrogen-bond donors (Lipinski definition) is 1. The number of para-hydroxylation sites is 1. The highest BCUT2D eigenvalue weighted by atomic mass is 35.5. The lowest BCUT2D eigenvalue weighted by atomic mass is 10.0. The van der Waals surface area contributed by atoms with E-state index in [0.717, 1.165) is 59.4 Å². The van der Waals surface area contributed by atoms with Crippen LogP contribution < -0.4 is 5.69 Å². The molecule has 33 heavy (non-hydrogen) atoms. The third kappa shape index (κ3) is 3.53. The maximum Gasteiger partial charge on any atom is 0.334 e. The van der Waals surface area contributed by atoms with E-state index in [4.69, 9.17) is 21.3 Å². The van der Waals surface area contributed by atoms with Crippen LogP contribution in [0.15, 0.2) is 65.8 Å². The van der Waals surface area contributed by atoms with Gasteiger partial charge in [-0.05, 0) is 43.0 Å². The summed E-state index contributed by atoms with van der Waals surface area (Å²) in [6.07, 6.45) is 7.22. The second-order valence-electron chi connectivity index (χ2n) is 8.44. The number of nitrogens with one attached hydrogen (secondary N) is 1. The number of fused-ring (bicyclic) bond motifs is 2. The van der Waals surface area contributed by atoms with Gasteiger partial charge in [0.1, 0.15) is 5.65 Å². The fourth-order valence-electron chi connectivity index (χ4n) is 4.59. The predicted octanol–water partition coefficient (Wildman–Crippen LogP) is 4.81. The second kappa shape index (κ2) is 8.17. The number of H-pyrrole nitrogens is 1. The van der Waals surface area contributed by atoms with Crippen LogP contribution >= 0.6 is 11.6 Å². The van der Waals surface area contributed by atoms with E-state index in [0.29, 0.717) is 23.1 Å². The molecule has 1 fully saturated rings. The summed E-state index contributed by atoms with van der Waals surface area (Å²) in [6.45, 7) is 2.12. The quantitative estimate of drug-likeness (QED) is 0.418. The summed E-state index contributed by atoms with van der Waals surface area (Å²) < 4.78 is 9.08. The van der Waals surface area contributed by atoms with Gasteiger partial charge in [0.15, 0.2) is 5.65 Å². The average Bonchev–Trinajstić information content (AvgIpc) is 3.36. The highest BCUT2D eigenvalue weighted by Gasteiger charge is 2.21. The minimum atomic E-state index is -0.0744. The molecule has 6 rings (SSSR count). The number of aromatic amines is 1. The minimum absolute atomic E-state index is 0.0744. The van der Waals surface area contributed by atoms with E-state index in [1.54, 1.807) is 23.2 Å². The van der Waals surface area contributed by atoms with Crippen molar-refractivity contribution in [3.63, 3.8) is 0 Å². The average molecular weight is 460 g/mol. The Morgan fingerprint density at radius 3 is 2.64 bits per heavy atom. The third-order valence-electron chi connectivity index (χ3n) is 6.38. The lowest BCUT2D eigenvalue weighted by Gasteiger charge is -2.22. The summed E-state index contributed by atoms with van der Waals surface area (Å²) in [4.78, 5) is 25.9. The molecule has 0 amide bonds. The monoisotopic (exact) mass is 459 g/mol. The first-order chi connectivity index (χ1) is 16.2. The van der Waals surface area contributed by atoms with Gasteiger partial charge >= 0.3 is 5.69 Å². The molecule has 7 nitrogen and oxygen atoms in total. The minimum Gasteiger partial charge on any atom is -0.381 e. The molecule has 0 unspecified atom stereocenters. The molecule has 0 spiro atoms. The lowest BCUT2D eigenvalue weighted by Crippen LogP contribution is -2.28.